The van der Waals surface area contributed by atoms with Crippen molar-refractivity contribution >= 4 is 5.69 Å². The molecule has 0 fully saturated rings. The molecule has 1 aromatic carbocycles. The van der Waals surface area contributed by atoms with E-state index in [1.165, 1.54) is 12.1 Å². The van der Waals surface area contributed by atoms with Crippen LogP contribution in [0.15, 0.2) is 24.4 Å². The molecule has 0 aliphatic heterocycles. The fourth-order valence-electron chi connectivity index (χ4n) is 2.01. The summed E-state index contributed by atoms with van der Waals surface area (Å²) in [6.07, 6.45) is -2.68. The molecule has 0 aliphatic carbocycles. The lowest BCUT2D eigenvalue weighted by molar-refractivity contribution is -0.138. The van der Waals surface area contributed by atoms with Crippen LogP contribution in [0.3, 0.4) is 0 Å². The molecule has 19 heavy (non-hydrogen) atoms. The fraction of sp³-hybridized carbons (Fsp3) is 0.308. The van der Waals surface area contributed by atoms with Gasteiger partial charge in [0.05, 0.1) is 11.3 Å². The average molecular weight is 269 g/mol. The molecule has 2 N–H and O–H groups in total. The average Bonchev–Trinajstić information content (AvgIpc) is 2.58. The number of rotatable bonds is 2. The van der Waals surface area contributed by atoms with Gasteiger partial charge in [-0.1, -0.05) is 6.07 Å². The zero-order chi connectivity index (χ0) is 14.2. The number of nitrogens with two attached hydrogens (primary N) is 1. The van der Waals surface area contributed by atoms with Crippen molar-refractivity contribution in [3.8, 4) is 0 Å². The van der Waals surface area contributed by atoms with E-state index in [2.05, 4.69) is 4.98 Å². The van der Waals surface area contributed by atoms with Crippen LogP contribution in [0.1, 0.15) is 22.6 Å². The van der Waals surface area contributed by atoms with Crippen molar-refractivity contribution in [1.29, 1.82) is 0 Å². The first-order chi connectivity index (χ1) is 8.77. The first kappa shape index (κ1) is 13.5. The third-order valence-electron chi connectivity index (χ3n) is 2.88. The maximum Gasteiger partial charge on any atom is 0.416 e. The molecule has 0 bridgehead atoms. The maximum atomic E-state index is 13.0. The molecule has 6 heteroatoms. The Morgan fingerprint density at radius 1 is 1.26 bits per heavy atom. The number of anilines is 1. The molecule has 2 aromatic rings. The van der Waals surface area contributed by atoms with Gasteiger partial charge in [-0.3, -0.25) is 0 Å². The number of imidazole rings is 1. The summed E-state index contributed by atoms with van der Waals surface area (Å²) in [5.41, 5.74) is 5.80. The zero-order valence-corrected chi connectivity index (χ0v) is 10.6. The Morgan fingerprint density at radius 2 is 1.95 bits per heavy atom. The number of nitrogens with zero attached hydrogens (tertiary/aromatic N) is 2. The molecule has 102 valence electrons. The van der Waals surface area contributed by atoms with Gasteiger partial charge in [0.15, 0.2) is 0 Å². The Bertz CT molecular complexity index is 600. The standard InChI is InChI=1S/C13H14F3N3/c1-8-6-19(9(2)18-8)7-10-3-4-11(17)5-12(10)13(14,15)16/h3-6H,7,17H2,1-2H3. The van der Waals surface area contributed by atoms with E-state index in [1.807, 2.05) is 0 Å². The molecule has 0 saturated carbocycles. The van der Waals surface area contributed by atoms with Gasteiger partial charge in [-0.2, -0.15) is 13.2 Å². The highest BCUT2D eigenvalue weighted by atomic mass is 19.4. The van der Waals surface area contributed by atoms with E-state index >= 15 is 0 Å². The number of halogens is 3. The number of aryl methyl sites for hydroxylation is 2. The van der Waals surface area contributed by atoms with Crippen LogP contribution >= 0.6 is 0 Å². The molecule has 0 amide bonds. The van der Waals surface area contributed by atoms with Crippen LogP contribution in [0.5, 0.6) is 0 Å². The van der Waals surface area contributed by atoms with Crippen molar-refractivity contribution in [1.82, 2.24) is 9.55 Å². The lowest BCUT2D eigenvalue weighted by Gasteiger charge is -2.14. The van der Waals surface area contributed by atoms with E-state index in [9.17, 15) is 13.2 Å². The van der Waals surface area contributed by atoms with Gasteiger partial charge in [-0.15, -0.1) is 0 Å². The van der Waals surface area contributed by atoms with Crippen LogP contribution in [-0.4, -0.2) is 9.55 Å². The molecule has 0 spiro atoms. The summed E-state index contributed by atoms with van der Waals surface area (Å²) in [5.74, 6) is 0.683. The fourth-order valence-corrected chi connectivity index (χ4v) is 2.01. The third-order valence-corrected chi connectivity index (χ3v) is 2.88. The Morgan fingerprint density at radius 3 is 2.47 bits per heavy atom. The molecule has 1 heterocycles. The minimum atomic E-state index is -4.41. The van der Waals surface area contributed by atoms with Gasteiger partial charge in [-0.25, -0.2) is 4.98 Å². The van der Waals surface area contributed by atoms with Gasteiger partial charge in [0.2, 0.25) is 0 Å². The second-order valence-electron chi connectivity index (χ2n) is 4.47. The first-order valence-electron chi connectivity index (χ1n) is 5.73. The van der Waals surface area contributed by atoms with Gasteiger partial charge in [0, 0.05) is 18.4 Å². The molecule has 1 aromatic heterocycles. The summed E-state index contributed by atoms with van der Waals surface area (Å²) >= 11 is 0. The van der Waals surface area contributed by atoms with Crippen molar-refractivity contribution in [2.75, 3.05) is 5.73 Å². The number of benzene rings is 1. The monoisotopic (exact) mass is 269 g/mol. The summed E-state index contributed by atoms with van der Waals surface area (Å²) in [4.78, 5) is 4.17. The predicted octanol–water partition coefficient (Wildman–Crippen LogP) is 3.15. The van der Waals surface area contributed by atoms with Gasteiger partial charge < -0.3 is 10.3 Å². The molecule has 0 aliphatic rings. The van der Waals surface area contributed by atoms with E-state index in [1.54, 1.807) is 24.6 Å². The van der Waals surface area contributed by atoms with E-state index in [-0.39, 0.29) is 17.8 Å². The molecule has 0 unspecified atom stereocenters. The lowest BCUT2D eigenvalue weighted by Crippen LogP contribution is -2.12. The SMILES string of the molecule is Cc1cn(Cc2ccc(N)cc2C(F)(F)F)c(C)n1. The Kier molecular flexibility index (Phi) is 3.26. The minimum absolute atomic E-state index is 0.106. The van der Waals surface area contributed by atoms with Gasteiger partial charge >= 0.3 is 6.18 Å². The van der Waals surface area contributed by atoms with Crippen molar-refractivity contribution in [3.63, 3.8) is 0 Å². The van der Waals surface area contributed by atoms with E-state index < -0.39 is 11.7 Å². The second kappa shape index (κ2) is 4.60. The first-order valence-corrected chi connectivity index (χ1v) is 5.73. The van der Waals surface area contributed by atoms with Crippen molar-refractivity contribution < 1.29 is 13.2 Å². The second-order valence-corrected chi connectivity index (χ2v) is 4.47. The Hall–Kier alpha value is -1.98. The van der Waals surface area contributed by atoms with Crippen LogP contribution < -0.4 is 5.73 Å². The number of nitrogen functional groups attached to an aromatic ring is 1. The molecule has 2 rings (SSSR count). The largest absolute Gasteiger partial charge is 0.416 e. The minimum Gasteiger partial charge on any atom is -0.399 e. The highest BCUT2D eigenvalue weighted by Gasteiger charge is 2.33. The summed E-state index contributed by atoms with van der Waals surface area (Å²) < 4.78 is 40.6. The highest BCUT2D eigenvalue weighted by molar-refractivity contribution is 5.46. The third kappa shape index (κ3) is 2.89. The maximum absolute atomic E-state index is 13.0. The number of hydrogen-bond donors (Lipinski definition) is 1. The summed E-state index contributed by atoms with van der Waals surface area (Å²) in [6, 6.07) is 3.85. The van der Waals surface area contributed by atoms with E-state index in [0.717, 1.165) is 11.8 Å². The Balaban J connectivity index is 2.43. The quantitative estimate of drug-likeness (QED) is 0.851. The number of alkyl halides is 3. The smallest absolute Gasteiger partial charge is 0.399 e. The van der Waals surface area contributed by atoms with Crippen LogP contribution in [0.2, 0.25) is 0 Å². The van der Waals surface area contributed by atoms with Crippen LogP contribution in [-0.2, 0) is 12.7 Å². The summed E-state index contributed by atoms with van der Waals surface area (Å²) in [6.45, 7) is 3.69. The number of hydrogen-bond acceptors (Lipinski definition) is 2. The lowest BCUT2D eigenvalue weighted by atomic mass is 10.1. The van der Waals surface area contributed by atoms with Crippen LogP contribution in [0.25, 0.3) is 0 Å². The van der Waals surface area contributed by atoms with Crippen LogP contribution in [0.4, 0.5) is 18.9 Å². The van der Waals surface area contributed by atoms with Crippen LogP contribution in [0, 0.1) is 13.8 Å². The summed E-state index contributed by atoms with van der Waals surface area (Å²) in [7, 11) is 0. The summed E-state index contributed by atoms with van der Waals surface area (Å²) in [5, 5.41) is 0. The highest BCUT2D eigenvalue weighted by Crippen LogP contribution is 2.33. The molecular formula is C13H14F3N3. The van der Waals surface area contributed by atoms with Crippen molar-refractivity contribution in [2.45, 2.75) is 26.6 Å². The van der Waals surface area contributed by atoms with Crippen molar-refractivity contribution in [3.05, 3.63) is 47.0 Å². The number of aromatic nitrogens is 2. The molecular weight excluding hydrogens is 255 g/mol. The predicted molar refractivity (Wildman–Crippen MR) is 66.7 cm³/mol. The molecule has 0 radical (unpaired) electrons. The molecule has 0 saturated heterocycles. The Labute approximate surface area is 108 Å². The van der Waals surface area contributed by atoms with Crippen molar-refractivity contribution in [2.24, 2.45) is 0 Å². The molecule has 0 atom stereocenters. The van der Waals surface area contributed by atoms with Gasteiger partial charge in [0.25, 0.3) is 0 Å². The topological polar surface area (TPSA) is 43.8 Å². The van der Waals surface area contributed by atoms with Gasteiger partial charge in [-0.05, 0) is 31.5 Å². The molecule has 3 nitrogen and oxygen atoms in total. The van der Waals surface area contributed by atoms with Gasteiger partial charge in [0.1, 0.15) is 5.82 Å². The van der Waals surface area contributed by atoms with E-state index in [4.69, 9.17) is 5.73 Å². The zero-order valence-electron chi connectivity index (χ0n) is 10.6. The van der Waals surface area contributed by atoms with E-state index in [0.29, 0.717) is 5.82 Å². The normalized spacial score (nSPS) is 11.8.